The Morgan fingerprint density at radius 1 is 1.62 bits per heavy atom. The van der Waals surface area contributed by atoms with Crippen molar-refractivity contribution in [2.75, 3.05) is 0 Å². The molecule has 0 aliphatic heterocycles. The number of rotatable bonds is 2. The topological polar surface area (TPSA) is 33.1 Å². The van der Waals surface area contributed by atoms with E-state index >= 15 is 0 Å². The van der Waals surface area contributed by atoms with E-state index < -0.39 is 6.43 Å². The van der Waals surface area contributed by atoms with Crippen molar-refractivity contribution in [2.24, 2.45) is 0 Å². The SMILES string of the molecule is Cc1cc(C(F)F)nc(Br)c1CO. The summed E-state index contributed by atoms with van der Waals surface area (Å²) in [5.74, 6) is 0. The summed E-state index contributed by atoms with van der Waals surface area (Å²) in [6, 6.07) is 1.28. The van der Waals surface area contributed by atoms with Gasteiger partial charge in [0.2, 0.25) is 0 Å². The third-order valence-corrected chi connectivity index (χ3v) is 2.35. The van der Waals surface area contributed by atoms with E-state index in [4.69, 9.17) is 5.11 Å². The zero-order chi connectivity index (χ0) is 10.0. The number of hydrogen-bond acceptors (Lipinski definition) is 2. The van der Waals surface area contributed by atoms with E-state index in [2.05, 4.69) is 20.9 Å². The largest absolute Gasteiger partial charge is 0.392 e. The highest BCUT2D eigenvalue weighted by Crippen LogP contribution is 2.24. The minimum atomic E-state index is -2.58. The molecule has 0 aliphatic carbocycles. The monoisotopic (exact) mass is 251 g/mol. The van der Waals surface area contributed by atoms with Crippen LogP contribution in [0.4, 0.5) is 8.78 Å². The van der Waals surface area contributed by atoms with E-state index in [-0.39, 0.29) is 16.9 Å². The summed E-state index contributed by atoms with van der Waals surface area (Å²) in [6.07, 6.45) is -2.58. The standard InChI is InChI=1S/C8H8BrF2NO/c1-4-2-6(8(10)11)12-7(9)5(4)3-13/h2,8,13H,3H2,1H3. The molecule has 0 fully saturated rings. The Morgan fingerprint density at radius 3 is 2.62 bits per heavy atom. The van der Waals surface area contributed by atoms with Crippen molar-refractivity contribution in [2.45, 2.75) is 20.0 Å². The average molecular weight is 252 g/mol. The lowest BCUT2D eigenvalue weighted by Gasteiger charge is -2.07. The van der Waals surface area contributed by atoms with Crippen molar-refractivity contribution in [3.63, 3.8) is 0 Å². The molecule has 5 heteroatoms. The number of halogens is 3. The Balaban J connectivity index is 3.20. The third-order valence-electron chi connectivity index (χ3n) is 1.70. The van der Waals surface area contributed by atoms with Gasteiger partial charge in [0, 0.05) is 5.56 Å². The third kappa shape index (κ3) is 2.22. The maximum Gasteiger partial charge on any atom is 0.280 e. The summed E-state index contributed by atoms with van der Waals surface area (Å²) < 4.78 is 24.7. The molecule has 72 valence electrons. The molecule has 0 saturated heterocycles. The number of pyridine rings is 1. The van der Waals surface area contributed by atoms with Crippen LogP contribution in [-0.2, 0) is 6.61 Å². The molecule has 1 aromatic rings. The van der Waals surface area contributed by atoms with Crippen molar-refractivity contribution >= 4 is 15.9 Å². The first-order chi connectivity index (χ1) is 6.06. The Labute approximate surface area is 82.7 Å². The first-order valence-corrected chi connectivity index (χ1v) is 4.40. The van der Waals surface area contributed by atoms with Gasteiger partial charge in [-0.1, -0.05) is 0 Å². The summed E-state index contributed by atoms with van der Waals surface area (Å²) in [6.45, 7) is 1.45. The van der Waals surface area contributed by atoms with Crippen molar-refractivity contribution < 1.29 is 13.9 Å². The van der Waals surface area contributed by atoms with Crippen molar-refractivity contribution in [3.05, 3.63) is 27.5 Å². The van der Waals surface area contributed by atoms with Gasteiger partial charge in [0.25, 0.3) is 6.43 Å². The van der Waals surface area contributed by atoms with Crippen LogP contribution >= 0.6 is 15.9 Å². The van der Waals surface area contributed by atoms with Crippen LogP contribution in [0.15, 0.2) is 10.7 Å². The zero-order valence-electron chi connectivity index (χ0n) is 6.89. The van der Waals surface area contributed by atoms with E-state index in [0.29, 0.717) is 11.1 Å². The Kier molecular flexibility index (Phi) is 3.33. The maximum absolute atomic E-state index is 12.2. The van der Waals surface area contributed by atoms with Gasteiger partial charge >= 0.3 is 0 Å². The maximum atomic E-state index is 12.2. The van der Waals surface area contributed by atoms with Crippen LogP contribution in [0.25, 0.3) is 0 Å². The van der Waals surface area contributed by atoms with Gasteiger partial charge in [-0.3, -0.25) is 0 Å². The Hall–Kier alpha value is -0.550. The number of aromatic nitrogens is 1. The number of alkyl halides is 2. The molecule has 13 heavy (non-hydrogen) atoms. The van der Waals surface area contributed by atoms with E-state index in [1.807, 2.05) is 0 Å². The van der Waals surface area contributed by atoms with Crippen LogP contribution in [0.5, 0.6) is 0 Å². The van der Waals surface area contributed by atoms with Gasteiger partial charge in [0.1, 0.15) is 10.3 Å². The zero-order valence-corrected chi connectivity index (χ0v) is 8.48. The molecule has 0 aliphatic rings. The van der Waals surface area contributed by atoms with E-state index in [0.717, 1.165) is 0 Å². The molecule has 0 unspecified atom stereocenters. The summed E-state index contributed by atoms with van der Waals surface area (Å²) in [7, 11) is 0. The molecule has 1 aromatic heterocycles. The Bertz CT molecular complexity index is 294. The number of aliphatic hydroxyl groups excluding tert-OH is 1. The van der Waals surface area contributed by atoms with E-state index in [1.165, 1.54) is 6.07 Å². The van der Waals surface area contributed by atoms with Gasteiger partial charge in [-0.25, -0.2) is 13.8 Å². The number of aliphatic hydroxyl groups is 1. The number of aryl methyl sites for hydroxylation is 1. The molecule has 0 bridgehead atoms. The Morgan fingerprint density at radius 2 is 2.23 bits per heavy atom. The highest BCUT2D eigenvalue weighted by molar-refractivity contribution is 9.10. The second-order valence-electron chi connectivity index (χ2n) is 2.59. The van der Waals surface area contributed by atoms with Crippen molar-refractivity contribution in [1.82, 2.24) is 4.98 Å². The number of hydrogen-bond donors (Lipinski definition) is 1. The smallest absolute Gasteiger partial charge is 0.280 e. The average Bonchev–Trinajstić information content (AvgIpc) is 2.03. The fraction of sp³-hybridized carbons (Fsp3) is 0.375. The quantitative estimate of drug-likeness (QED) is 0.820. The van der Waals surface area contributed by atoms with Crippen LogP contribution in [0.3, 0.4) is 0 Å². The molecule has 0 atom stereocenters. The minimum absolute atomic E-state index is 0.205. The van der Waals surface area contributed by atoms with Crippen LogP contribution in [0, 0.1) is 6.92 Å². The fourth-order valence-electron chi connectivity index (χ4n) is 0.986. The lowest BCUT2D eigenvalue weighted by atomic mass is 10.1. The molecule has 1 N–H and O–H groups in total. The summed E-state index contributed by atoms with van der Waals surface area (Å²) >= 11 is 3.02. The second-order valence-corrected chi connectivity index (χ2v) is 3.34. The lowest BCUT2D eigenvalue weighted by Crippen LogP contribution is -1.98. The lowest BCUT2D eigenvalue weighted by molar-refractivity contribution is 0.145. The van der Waals surface area contributed by atoms with Crippen LogP contribution in [0.1, 0.15) is 23.2 Å². The molecule has 0 saturated carbocycles. The summed E-state index contributed by atoms with van der Waals surface area (Å²) in [5, 5.41) is 8.87. The van der Waals surface area contributed by atoms with Crippen molar-refractivity contribution in [1.29, 1.82) is 0 Å². The molecule has 1 rings (SSSR count). The normalized spacial score (nSPS) is 10.9. The predicted molar refractivity (Wildman–Crippen MR) is 47.6 cm³/mol. The van der Waals surface area contributed by atoms with E-state index in [1.54, 1.807) is 6.92 Å². The van der Waals surface area contributed by atoms with Gasteiger partial charge in [-0.2, -0.15) is 0 Å². The molecule has 0 spiro atoms. The van der Waals surface area contributed by atoms with Gasteiger partial charge in [-0.05, 0) is 34.5 Å². The van der Waals surface area contributed by atoms with Gasteiger partial charge in [-0.15, -0.1) is 0 Å². The first kappa shape index (κ1) is 10.5. The second kappa shape index (κ2) is 4.11. The summed E-state index contributed by atoms with van der Waals surface area (Å²) in [5.41, 5.74) is 0.880. The predicted octanol–water partition coefficient (Wildman–Crippen LogP) is 2.58. The van der Waals surface area contributed by atoms with E-state index in [9.17, 15) is 8.78 Å². The van der Waals surface area contributed by atoms with Crippen LogP contribution in [-0.4, -0.2) is 10.1 Å². The summed E-state index contributed by atoms with van der Waals surface area (Å²) in [4.78, 5) is 3.61. The molecule has 1 heterocycles. The molecule has 2 nitrogen and oxygen atoms in total. The van der Waals surface area contributed by atoms with Gasteiger partial charge < -0.3 is 5.11 Å². The number of nitrogens with zero attached hydrogens (tertiary/aromatic N) is 1. The molecule has 0 radical (unpaired) electrons. The van der Waals surface area contributed by atoms with Crippen LogP contribution in [0.2, 0.25) is 0 Å². The highest BCUT2D eigenvalue weighted by Gasteiger charge is 2.13. The minimum Gasteiger partial charge on any atom is -0.392 e. The van der Waals surface area contributed by atoms with Crippen molar-refractivity contribution in [3.8, 4) is 0 Å². The first-order valence-electron chi connectivity index (χ1n) is 3.61. The molecule has 0 aromatic carbocycles. The van der Waals surface area contributed by atoms with Crippen LogP contribution < -0.4 is 0 Å². The highest BCUT2D eigenvalue weighted by atomic mass is 79.9. The molecule has 0 amide bonds. The molecular formula is C8H8BrF2NO. The molecular weight excluding hydrogens is 244 g/mol. The van der Waals surface area contributed by atoms with Gasteiger partial charge in [0.05, 0.1) is 6.61 Å². The fourth-order valence-corrected chi connectivity index (χ4v) is 1.63. The van der Waals surface area contributed by atoms with Gasteiger partial charge in [0.15, 0.2) is 0 Å².